The minimum atomic E-state index is 0.302. The molecule has 0 aliphatic heterocycles. The van der Waals surface area contributed by atoms with Gasteiger partial charge >= 0.3 is 6.01 Å². The molecular formula is C13H15N3O2. The molecule has 2 aromatic rings. The van der Waals surface area contributed by atoms with Crippen LogP contribution in [-0.4, -0.2) is 16.6 Å². The molecule has 0 fully saturated rings. The second kappa shape index (κ2) is 5.97. The fraction of sp³-hybridized carbons (Fsp3) is 0.231. The Morgan fingerprint density at radius 2 is 1.67 bits per heavy atom. The summed E-state index contributed by atoms with van der Waals surface area (Å²) in [7, 11) is 0. The van der Waals surface area contributed by atoms with Crippen LogP contribution in [0.2, 0.25) is 0 Å². The van der Waals surface area contributed by atoms with Crippen molar-refractivity contribution >= 4 is 0 Å². The van der Waals surface area contributed by atoms with Crippen LogP contribution in [0.1, 0.15) is 12.5 Å². The minimum Gasteiger partial charge on any atom is -0.494 e. The van der Waals surface area contributed by atoms with E-state index in [1.165, 1.54) is 0 Å². The van der Waals surface area contributed by atoms with Crippen LogP contribution in [0, 0.1) is 0 Å². The third-order valence-electron chi connectivity index (χ3n) is 2.26. The molecule has 0 saturated carbocycles. The summed E-state index contributed by atoms with van der Waals surface area (Å²) < 4.78 is 10.8. The molecule has 0 radical (unpaired) electrons. The highest BCUT2D eigenvalue weighted by Gasteiger charge is 2.01. The van der Waals surface area contributed by atoms with Crippen LogP contribution in [0.4, 0.5) is 0 Å². The van der Waals surface area contributed by atoms with E-state index in [-0.39, 0.29) is 0 Å². The molecule has 18 heavy (non-hydrogen) atoms. The molecule has 0 amide bonds. The first-order chi connectivity index (χ1) is 8.81. The average molecular weight is 245 g/mol. The van der Waals surface area contributed by atoms with Gasteiger partial charge in [0.15, 0.2) is 0 Å². The van der Waals surface area contributed by atoms with Gasteiger partial charge in [0.1, 0.15) is 11.5 Å². The number of nitrogens with zero attached hydrogens (tertiary/aromatic N) is 2. The van der Waals surface area contributed by atoms with Gasteiger partial charge in [-0.1, -0.05) is 0 Å². The molecule has 1 heterocycles. The number of ether oxygens (including phenoxy) is 2. The summed E-state index contributed by atoms with van der Waals surface area (Å²) in [6.07, 6.45) is 3.30. The second-order valence-electron chi connectivity index (χ2n) is 3.58. The predicted molar refractivity (Wildman–Crippen MR) is 67.6 cm³/mol. The van der Waals surface area contributed by atoms with E-state index < -0.39 is 0 Å². The number of nitrogens with two attached hydrogens (primary N) is 1. The summed E-state index contributed by atoms with van der Waals surface area (Å²) in [5.41, 5.74) is 6.33. The van der Waals surface area contributed by atoms with Crippen molar-refractivity contribution in [2.75, 3.05) is 6.61 Å². The van der Waals surface area contributed by atoms with Gasteiger partial charge in [-0.25, -0.2) is 9.97 Å². The Labute approximate surface area is 106 Å². The lowest BCUT2D eigenvalue weighted by molar-refractivity contribution is 0.339. The average Bonchev–Trinajstić information content (AvgIpc) is 2.42. The van der Waals surface area contributed by atoms with Gasteiger partial charge in [-0.3, -0.25) is 0 Å². The molecule has 0 aliphatic carbocycles. The van der Waals surface area contributed by atoms with E-state index in [0.29, 0.717) is 24.9 Å². The van der Waals surface area contributed by atoms with E-state index in [0.717, 1.165) is 11.3 Å². The van der Waals surface area contributed by atoms with Crippen molar-refractivity contribution in [3.63, 3.8) is 0 Å². The Morgan fingerprint density at radius 1 is 1.06 bits per heavy atom. The second-order valence-corrected chi connectivity index (χ2v) is 3.58. The molecule has 1 aromatic heterocycles. The molecule has 0 atom stereocenters. The summed E-state index contributed by atoms with van der Waals surface area (Å²) >= 11 is 0. The Kier molecular flexibility index (Phi) is 4.09. The molecule has 1 aromatic carbocycles. The maximum atomic E-state index is 5.49. The van der Waals surface area contributed by atoms with Crippen LogP contribution in [0.25, 0.3) is 0 Å². The van der Waals surface area contributed by atoms with E-state index in [4.69, 9.17) is 15.2 Å². The van der Waals surface area contributed by atoms with E-state index in [2.05, 4.69) is 9.97 Å². The lowest BCUT2D eigenvalue weighted by Crippen LogP contribution is -1.99. The molecule has 0 saturated heterocycles. The maximum absolute atomic E-state index is 5.49. The molecule has 5 nitrogen and oxygen atoms in total. The van der Waals surface area contributed by atoms with Crippen LogP contribution in [0.3, 0.4) is 0 Å². The molecule has 2 N–H and O–H groups in total. The van der Waals surface area contributed by atoms with Gasteiger partial charge < -0.3 is 15.2 Å². The normalized spacial score (nSPS) is 10.1. The summed E-state index contributed by atoms with van der Waals surface area (Å²) in [5.74, 6) is 1.48. The smallest absolute Gasteiger partial charge is 0.321 e. The zero-order valence-corrected chi connectivity index (χ0v) is 10.2. The summed E-state index contributed by atoms with van der Waals surface area (Å²) in [6, 6.07) is 7.60. The van der Waals surface area contributed by atoms with Gasteiger partial charge in [-0.2, -0.15) is 0 Å². The first-order valence-corrected chi connectivity index (χ1v) is 5.73. The SMILES string of the molecule is CCOc1ccc(Oc2ncc(CN)cn2)cc1. The molecule has 2 rings (SSSR count). The van der Waals surface area contributed by atoms with Crippen molar-refractivity contribution in [2.24, 2.45) is 5.73 Å². The van der Waals surface area contributed by atoms with E-state index in [1.54, 1.807) is 12.4 Å². The zero-order chi connectivity index (χ0) is 12.8. The van der Waals surface area contributed by atoms with E-state index >= 15 is 0 Å². The molecule has 0 aliphatic rings. The number of hydrogen-bond donors (Lipinski definition) is 1. The topological polar surface area (TPSA) is 70.3 Å². The van der Waals surface area contributed by atoms with Gasteiger partial charge in [-0.15, -0.1) is 0 Å². The molecule has 0 spiro atoms. The minimum absolute atomic E-state index is 0.302. The zero-order valence-electron chi connectivity index (χ0n) is 10.2. The van der Waals surface area contributed by atoms with E-state index in [9.17, 15) is 0 Å². The van der Waals surface area contributed by atoms with Gasteiger partial charge in [-0.05, 0) is 31.2 Å². The quantitative estimate of drug-likeness (QED) is 0.873. The first-order valence-electron chi connectivity index (χ1n) is 5.73. The number of rotatable bonds is 5. The van der Waals surface area contributed by atoms with Crippen LogP contribution in [0.15, 0.2) is 36.7 Å². The Bertz CT molecular complexity index is 483. The third kappa shape index (κ3) is 3.18. The number of benzene rings is 1. The summed E-state index contributed by atoms with van der Waals surface area (Å²) in [4.78, 5) is 8.12. The summed E-state index contributed by atoms with van der Waals surface area (Å²) in [5, 5.41) is 0. The van der Waals surface area contributed by atoms with Gasteiger partial charge in [0.25, 0.3) is 0 Å². The first kappa shape index (κ1) is 12.3. The highest BCUT2D eigenvalue weighted by atomic mass is 16.5. The van der Waals surface area contributed by atoms with Crippen LogP contribution < -0.4 is 15.2 Å². The molecule has 94 valence electrons. The van der Waals surface area contributed by atoms with Crippen LogP contribution in [0.5, 0.6) is 17.5 Å². The fourth-order valence-corrected chi connectivity index (χ4v) is 1.38. The van der Waals surface area contributed by atoms with Crippen molar-refractivity contribution in [3.05, 3.63) is 42.2 Å². The van der Waals surface area contributed by atoms with Crippen molar-refractivity contribution in [2.45, 2.75) is 13.5 Å². The number of aromatic nitrogens is 2. The van der Waals surface area contributed by atoms with Crippen LogP contribution in [-0.2, 0) is 6.54 Å². The Morgan fingerprint density at radius 3 is 2.22 bits per heavy atom. The summed E-state index contributed by atoms with van der Waals surface area (Å²) in [6.45, 7) is 3.00. The van der Waals surface area contributed by atoms with Crippen molar-refractivity contribution in [1.82, 2.24) is 9.97 Å². The lowest BCUT2D eigenvalue weighted by atomic mass is 10.3. The van der Waals surface area contributed by atoms with Gasteiger partial charge in [0.2, 0.25) is 0 Å². The standard InChI is InChI=1S/C13H15N3O2/c1-2-17-11-3-5-12(6-4-11)18-13-15-8-10(7-14)9-16-13/h3-6,8-9H,2,7,14H2,1H3. The van der Waals surface area contributed by atoms with Gasteiger partial charge in [0, 0.05) is 24.5 Å². The monoisotopic (exact) mass is 245 g/mol. The molecule has 0 bridgehead atoms. The lowest BCUT2D eigenvalue weighted by Gasteiger charge is -2.06. The van der Waals surface area contributed by atoms with Crippen molar-refractivity contribution in [1.29, 1.82) is 0 Å². The highest BCUT2D eigenvalue weighted by molar-refractivity contribution is 5.32. The Balaban J connectivity index is 2.03. The maximum Gasteiger partial charge on any atom is 0.321 e. The fourth-order valence-electron chi connectivity index (χ4n) is 1.38. The largest absolute Gasteiger partial charge is 0.494 e. The third-order valence-corrected chi connectivity index (χ3v) is 2.26. The molecule has 5 heteroatoms. The Hall–Kier alpha value is -2.14. The predicted octanol–water partition coefficient (Wildman–Crippen LogP) is 2.13. The van der Waals surface area contributed by atoms with Crippen molar-refractivity contribution < 1.29 is 9.47 Å². The van der Waals surface area contributed by atoms with Crippen molar-refractivity contribution in [3.8, 4) is 17.5 Å². The van der Waals surface area contributed by atoms with Gasteiger partial charge in [0.05, 0.1) is 6.61 Å². The van der Waals surface area contributed by atoms with E-state index in [1.807, 2.05) is 31.2 Å². The molecular weight excluding hydrogens is 230 g/mol. The van der Waals surface area contributed by atoms with Crippen LogP contribution >= 0.6 is 0 Å². The molecule has 0 unspecified atom stereocenters. The highest BCUT2D eigenvalue weighted by Crippen LogP contribution is 2.21. The number of hydrogen-bond acceptors (Lipinski definition) is 5.